The standard InChI is InChI=1S/C13H15ClFN3O3/c14-1-2-16-3-5-17(6-4-16)13(19)10-7-11(15)9-12(8-10)18(20)21/h7-9H,1-6H2. The first-order chi connectivity index (χ1) is 10.0. The average molecular weight is 316 g/mol. The summed E-state index contributed by atoms with van der Waals surface area (Å²) in [5.41, 5.74) is -0.411. The molecule has 0 N–H and O–H groups in total. The van der Waals surface area contributed by atoms with Gasteiger partial charge in [-0.05, 0) is 6.07 Å². The van der Waals surface area contributed by atoms with Gasteiger partial charge in [0.05, 0.1) is 11.0 Å². The van der Waals surface area contributed by atoms with Gasteiger partial charge in [-0.1, -0.05) is 0 Å². The molecule has 2 rings (SSSR count). The zero-order valence-electron chi connectivity index (χ0n) is 11.3. The first kappa shape index (κ1) is 15.7. The number of carbonyl (C=O) groups is 1. The van der Waals surface area contributed by atoms with Gasteiger partial charge in [0.2, 0.25) is 0 Å². The molecule has 1 fully saturated rings. The van der Waals surface area contributed by atoms with Crippen molar-refractivity contribution in [2.24, 2.45) is 0 Å². The molecule has 8 heteroatoms. The van der Waals surface area contributed by atoms with Gasteiger partial charge in [-0.3, -0.25) is 19.8 Å². The van der Waals surface area contributed by atoms with Gasteiger partial charge in [0.15, 0.2) is 0 Å². The van der Waals surface area contributed by atoms with E-state index >= 15 is 0 Å². The van der Waals surface area contributed by atoms with Crippen molar-refractivity contribution in [3.05, 3.63) is 39.7 Å². The first-order valence-corrected chi connectivity index (χ1v) is 7.07. The molecule has 114 valence electrons. The molecule has 0 spiro atoms. The number of nitrogens with zero attached hydrogens (tertiary/aromatic N) is 3. The third kappa shape index (κ3) is 3.89. The van der Waals surface area contributed by atoms with E-state index in [4.69, 9.17) is 11.6 Å². The van der Waals surface area contributed by atoms with Crippen molar-refractivity contribution in [3.8, 4) is 0 Å². The van der Waals surface area contributed by atoms with Crippen LogP contribution in [0.1, 0.15) is 10.4 Å². The summed E-state index contributed by atoms with van der Waals surface area (Å²) in [6, 6.07) is 2.94. The number of piperazine rings is 1. The number of hydrogen-bond donors (Lipinski definition) is 0. The fourth-order valence-electron chi connectivity index (χ4n) is 2.28. The molecule has 1 aromatic carbocycles. The van der Waals surface area contributed by atoms with Gasteiger partial charge in [0, 0.05) is 50.2 Å². The Morgan fingerprint density at radius 2 is 1.95 bits per heavy atom. The van der Waals surface area contributed by atoms with Crippen LogP contribution in [-0.4, -0.2) is 59.2 Å². The van der Waals surface area contributed by atoms with Gasteiger partial charge in [0.25, 0.3) is 11.6 Å². The molecular weight excluding hydrogens is 301 g/mol. The molecule has 0 atom stereocenters. The maximum absolute atomic E-state index is 13.4. The molecule has 6 nitrogen and oxygen atoms in total. The number of nitro groups is 1. The number of carbonyl (C=O) groups excluding carboxylic acids is 1. The van der Waals surface area contributed by atoms with Crippen molar-refractivity contribution in [1.82, 2.24) is 9.80 Å². The van der Waals surface area contributed by atoms with Crippen LogP contribution in [-0.2, 0) is 0 Å². The van der Waals surface area contributed by atoms with E-state index in [1.807, 2.05) is 0 Å². The van der Waals surface area contributed by atoms with Crippen molar-refractivity contribution in [2.75, 3.05) is 38.6 Å². The van der Waals surface area contributed by atoms with E-state index in [2.05, 4.69) is 4.90 Å². The monoisotopic (exact) mass is 315 g/mol. The van der Waals surface area contributed by atoms with Crippen LogP contribution in [0.3, 0.4) is 0 Å². The summed E-state index contributed by atoms with van der Waals surface area (Å²) in [6.07, 6.45) is 0. The van der Waals surface area contributed by atoms with Gasteiger partial charge in [0.1, 0.15) is 5.82 Å². The molecule has 0 saturated carbocycles. The number of nitro benzene ring substituents is 1. The van der Waals surface area contributed by atoms with Crippen LogP contribution < -0.4 is 0 Å². The van der Waals surface area contributed by atoms with Crippen LogP contribution in [0, 0.1) is 15.9 Å². The van der Waals surface area contributed by atoms with Gasteiger partial charge in [-0.25, -0.2) is 4.39 Å². The number of amides is 1. The highest BCUT2D eigenvalue weighted by molar-refractivity contribution is 6.18. The van der Waals surface area contributed by atoms with E-state index in [0.29, 0.717) is 32.1 Å². The molecule has 1 aliphatic rings. The zero-order chi connectivity index (χ0) is 15.4. The minimum atomic E-state index is -0.784. The Morgan fingerprint density at radius 1 is 1.29 bits per heavy atom. The normalized spacial score (nSPS) is 16.0. The third-order valence-corrected chi connectivity index (χ3v) is 3.57. The zero-order valence-corrected chi connectivity index (χ0v) is 12.1. The summed E-state index contributed by atoms with van der Waals surface area (Å²) < 4.78 is 13.4. The van der Waals surface area contributed by atoms with E-state index in [9.17, 15) is 19.3 Å². The van der Waals surface area contributed by atoms with Crippen LogP contribution in [0.25, 0.3) is 0 Å². The molecule has 21 heavy (non-hydrogen) atoms. The fraction of sp³-hybridized carbons (Fsp3) is 0.462. The highest BCUT2D eigenvalue weighted by Crippen LogP contribution is 2.18. The summed E-state index contributed by atoms with van der Waals surface area (Å²) in [6.45, 7) is 3.14. The van der Waals surface area contributed by atoms with E-state index in [-0.39, 0.29) is 11.5 Å². The summed E-state index contributed by atoms with van der Waals surface area (Å²) >= 11 is 5.67. The smallest absolute Gasteiger partial charge is 0.273 e. The SMILES string of the molecule is O=C(c1cc(F)cc([N+](=O)[O-])c1)N1CCN(CCCl)CC1. The minimum absolute atomic E-state index is 0.00694. The third-order valence-electron chi connectivity index (χ3n) is 3.40. The molecule has 1 saturated heterocycles. The van der Waals surface area contributed by atoms with Crippen molar-refractivity contribution >= 4 is 23.2 Å². The summed E-state index contributed by atoms with van der Waals surface area (Å²) in [5, 5.41) is 10.7. The van der Waals surface area contributed by atoms with Crippen molar-refractivity contribution in [2.45, 2.75) is 0 Å². The largest absolute Gasteiger partial charge is 0.336 e. The molecule has 0 bridgehead atoms. The Morgan fingerprint density at radius 3 is 2.52 bits per heavy atom. The van der Waals surface area contributed by atoms with Crippen LogP contribution in [0.2, 0.25) is 0 Å². The second kappa shape index (κ2) is 6.82. The van der Waals surface area contributed by atoms with Crippen LogP contribution in [0.15, 0.2) is 18.2 Å². The molecule has 0 aromatic heterocycles. The molecule has 0 aliphatic carbocycles. The topological polar surface area (TPSA) is 66.7 Å². The predicted molar refractivity (Wildman–Crippen MR) is 76.1 cm³/mol. The molecule has 0 unspecified atom stereocenters. The second-order valence-corrected chi connectivity index (χ2v) is 5.16. The Labute approximate surface area is 126 Å². The molecule has 1 aliphatic heterocycles. The number of benzene rings is 1. The van der Waals surface area contributed by atoms with Crippen molar-refractivity contribution in [3.63, 3.8) is 0 Å². The van der Waals surface area contributed by atoms with E-state index < -0.39 is 16.4 Å². The summed E-state index contributed by atoms with van der Waals surface area (Å²) in [4.78, 5) is 26.0. The summed E-state index contributed by atoms with van der Waals surface area (Å²) in [5.74, 6) is -0.638. The van der Waals surface area contributed by atoms with Gasteiger partial charge in [-0.15, -0.1) is 11.6 Å². The van der Waals surface area contributed by atoms with Gasteiger partial charge >= 0.3 is 0 Å². The van der Waals surface area contributed by atoms with Crippen LogP contribution >= 0.6 is 11.6 Å². The Bertz CT molecular complexity index is 547. The Balaban J connectivity index is 2.09. The maximum Gasteiger partial charge on any atom is 0.273 e. The van der Waals surface area contributed by atoms with E-state index in [1.165, 1.54) is 0 Å². The average Bonchev–Trinajstić information content (AvgIpc) is 2.47. The summed E-state index contributed by atoms with van der Waals surface area (Å²) in [7, 11) is 0. The number of hydrogen-bond acceptors (Lipinski definition) is 4. The fourth-order valence-corrected chi connectivity index (χ4v) is 2.52. The van der Waals surface area contributed by atoms with E-state index in [1.54, 1.807) is 4.90 Å². The lowest BCUT2D eigenvalue weighted by atomic mass is 10.1. The molecule has 1 amide bonds. The quantitative estimate of drug-likeness (QED) is 0.482. The Kier molecular flexibility index (Phi) is 5.08. The van der Waals surface area contributed by atoms with Crippen LogP contribution in [0.5, 0.6) is 0 Å². The maximum atomic E-state index is 13.4. The highest BCUT2D eigenvalue weighted by atomic mass is 35.5. The van der Waals surface area contributed by atoms with Gasteiger partial charge < -0.3 is 4.90 Å². The highest BCUT2D eigenvalue weighted by Gasteiger charge is 2.23. The van der Waals surface area contributed by atoms with E-state index in [0.717, 1.165) is 24.7 Å². The minimum Gasteiger partial charge on any atom is -0.336 e. The molecule has 0 radical (unpaired) electrons. The molecular formula is C13H15ClFN3O3. The lowest BCUT2D eigenvalue weighted by Gasteiger charge is -2.34. The first-order valence-electron chi connectivity index (χ1n) is 6.54. The number of alkyl halides is 1. The molecule has 1 aromatic rings. The van der Waals surface area contributed by atoms with Crippen LogP contribution in [0.4, 0.5) is 10.1 Å². The predicted octanol–water partition coefficient (Wildman–Crippen LogP) is 1.73. The Hall–Kier alpha value is -1.73. The second-order valence-electron chi connectivity index (χ2n) is 4.78. The lowest BCUT2D eigenvalue weighted by molar-refractivity contribution is -0.385. The number of rotatable bonds is 4. The van der Waals surface area contributed by atoms with Gasteiger partial charge in [-0.2, -0.15) is 0 Å². The lowest BCUT2D eigenvalue weighted by Crippen LogP contribution is -2.49. The van der Waals surface area contributed by atoms with Crippen molar-refractivity contribution in [1.29, 1.82) is 0 Å². The number of halogens is 2. The number of non-ortho nitro benzene ring substituents is 1. The molecule has 1 heterocycles. The van der Waals surface area contributed by atoms with Crippen molar-refractivity contribution < 1.29 is 14.1 Å².